The summed E-state index contributed by atoms with van der Waals surface area (Å²) in [5.74, 6) is 0. The van der Waals surface area contributed by atoms with E-state index in [9.17, 15) is 5.11 Å². The molecule has 58 valence electrons. The number of nitrogens with zero attached hydrogens (tertiary/aromatic N) is 1. The zero-order valence-electron chi connectivity index (χ0n) is 5.73. The number of nitrogens with two attached hydrogens (primary N) is 1. The molecule has 0 aromatic rings. The molecule has 2 atom stereocenters. The Morgan fingerprint density at radius 2 is 2.50 bits per heavy atom. The van der Waals surface area contributed by atoms with Crippen molar-refractivity contribution < 1.29 is 9.84 Å². The molecule has 0 radical (unpaired) electrons. The van der Waals surface area contributed by atoms with E-state index in [1.165, 1.54) is 6.34 Å². The van der Waals surface area contributed by atoms with Crippen LogP contribution in [0.1, 0.15) is 6.42 Å². The monoisotopic (exact) mass is 144 g/mol. The summed E-state index contributed by atoms with van der Waals surface area (Å²) in [6.07, 6.45) is 1.48. The maximum Gasteiger partial charge on any atom is 0.101 e. The summed E-state index contributed by atoms with van der Waals surface area (Å²) < 4.78 is 5.08. The first-order chi connectivity index (χ1) is 4.84. The average Bonchev–Trinajstić information content (AvgIpc) is 1.94. The van der Waals surface area contributed by atoms with Crippen molar-refractivity contribution in [3.05, 3.63) is 0 Å². The summed E-state index contributed by atoms with van der Waals surface area (Å²) in [4.78, 5) is 3.84. The molecule has 0 aromatic heterocycles. The van der Waals surface area contributed by atoms with Gasteiger partial charge in [-0.05, 0) is 6.42 Å². The molecule has 0 aromatic carbocycles. The number of aliphatic hydroxyl groups is 1. The molecule has 10 heavy (non-hydrogen) atoms. The summed E-state index contributed by atoms with van der Waals surface area (Å²) in [5.41, 5.74) is 5.06. The van der Waals surface area contributed by atoms with Crippen LogP contribution in [-0.2, 0) is 4.74 Å². The Bertz CT molecular complexity index is 127. The molecule has 4 nitrogen and oxygen atoms in total. The van der Waals surface area contributed by atoms with Crippen molar-refractivity contribution in [1.29, 1.82) is 0 Å². The van der Waals surface area contributed by atoms with Crippen LogP contribution in [0, 0.1) is 0 Å². The van der Waals surface area contributed by atoms with Gasteiger partial charge in [0, 0.05) is 6.61 Å². The number of rotatable bonds is 1. The maximum absolute atomic E-state index is 9.25. The van der Waals surface area contributed by atoms with Gasteiger partial charge < -0.3 is 15.6 Å². The molecule has 4 heteroatoms. The van der Waals surface area contributed by atoms with Gasteiger partial charge in [-0.15, -0.1) is 0 Å². The highest BCUT2D eigenvalue weighted by Crippen LogP contribution is 2.09. The van der Waals surface area contributed by atoms with Crippen LogP contribution in [0.3, 0.4) is 0 Å². The van der Waals surface area contributed by atoms with Crippen LogP contribution in [0.15, 0.2) is 4.99 Å². The van der Waals surface area contributed by atoms with Crippen LogP contribution in [0.5, 0.6) is 0 Å². The first-order valence-electron chi connectivity index (χ1n) is 3.34. The van der Waals surface area contributed by atoms with Gasteiger partial charge in [0.2, 0.25) is 0 Å². The molecule has 1 rings (SSSR count). The Kier molecular flexibility index (Phi) is 2.65. The van der Waals surface area contributed by atoms with E-state index in [-0.39, 0.29) is 12.1 Å². The van der Waals surface area contributed by atoms with Crippen molar-refractivity contribution in [3.8, 4) is 0 Å². The first kappa shape index (κ1) is 7.50. The van der Waals surface area contributed by atoms with E-state index >= 15 is 0 Å². The van der Waals surface area contributed by atoms with Gasteiger partial charge >= 0.3 is 0 Å². The third kappa shape index (κ3) is 1.68. The van der Waals surface area contributed by atoms with E-state index in [0.717, 1.165) is 0 Å². The van der Waals surface area contributed by atoms with Crippen molar-refractivity contribution >= 4 is 6.34 Å². The van der Waals surface area contributed by atoms with Crippen LogP contribution >= 0.6 is 0 Å². The SMILES string of the molecule is NC=N[C@H]1COCC[C@@H]1O. The fourth-order valence-electron chi connectivity index (χ4n) is 0.965. The minimum absolute atomic E-state index is 0.154. The van der Waals surface area contributed by atoms with Gasteiger partial charge in [0.05, 0.1) is 19.0 Å². The Balaban J connectivity index is 2.39. The summed E-state index contributed by atoms with van der Waals surface area (Å²) in [6, 6.07) is -0.154. The van der Waals surface area contributed by atoms with Gasteiger partial charge in [0.15, 0.2) is 0 Å². The fourth-order valence-corrected chi connectivity index (χ4v) is 0.965. The van der Waals surface area contributed by atoms with E-state index in [1.807, 2.05) is 0 Å². The fraction of sp³-hybridized carbons (Fsp3) is 0.833. The molecule has 0 bridgehead atoms. The zero-order valence-corrected chi connectivity index (χ0v) is 5.73. The summed E-state index contributed by atoms with van der Waals surface area (Å²) in [7, 11) is 0. The molecule has 3 N–H and O–H groups in total. The Morgan fingerprint density at radius 3 is 3.10 bits per heavy atom. The van der Waals surface area contributed by atoms with Gasteiger partial charge in [-0.2, -0.15) is 0 Å². The van der Waals surface area contributed by atoms with Gasteiger partial charge in [0.1, 0.15) is 6.04 Å². The molecule has 1 aliphatic heterocycles. The number of ether oxygens (including phenoxy) is 1. The van der Waals surface area contributed by atoms with E-state index in [2.05, 4.69) is 4.99 Å². The van der Waals surface area contributed by atoms with Crippen molar-refractivity contribution in [3.63, 3.8) is 0 Å². The lowest BCUT2D eigenvalue weighted by molar-refractivity contribution is -0.00224. The predicted octanol–water partition coefficient (Wildman–Crippen LogP) is -0.877. The number of aliphatic imine (C=N–C) groups is 1. The lowest BCUT2D eigenvalue weighted by Gasteiger charge is -2.23. The van der Waals surface area contributed by atoms with E-state index in [1.54, 1.807) is 0 Å². The Morgan fingerprint density at radius 1 is 1.70 bits per heavy atom. The molecule has 0 aliphatic carbocycles. The largest absolute Gasteiger partial charge is 0.391 e. The quantitative estimate of drug-likeness (QED) is 0.371. The smallest absolute Gasteiger partial charge is 0.101 e. The van der Waals surface area contributed by atoms with Crippen LogP contribution in [0.25, 0.3) is 0 Å². The van der Waals surface area contributed by atoms with Crippen LogP contribution in [-0.4, -0.2) is 36.8 Å². The molecule has 1 saturated heterocycles. The highest BCUT2D eigenvalue weighted by Gasteiger charge is 2.21. The van der Waals surface area contributed by atoms with E-state index in [0.29, 0.717) is 19.6 Å². The summed E-state index contributed by atoms with van der Waals surface area (Å²) in [5, 5.41) is 9.25. The van der Waals surface area contributed by atoms with Gasteiger partial charge in [0.25, 0.3) is 0 Å². The number of aliphatic hydroxyl groups excluding tert-OH is 1. The molecule has 1 fully saturated rings. The first-order valence-corrected chi connectivity index (χ1v) is 3.34. The minimum atomic E-state index is -0.381. The molecular formula is C6H12N2O2. The molecule has 1 heterocycles. The molecule has 1 aliphatic rings. The Hall–Kier alpha value is -0.610. The van der Waals surface area contributed by atoms with Gasteiger partial charge in [-0.1, -0.05) is 0 Å². The lowest BCUT2D eigenvalue weighted by Crippen LogP contribution is -2.35. The topological polar surface area (TPSA) is 67.8 Å². The maximum atomic E-state index is 9.25. The number of hydrogen-bond acceptors (Lipinski definition) is 3. The van der Waals surface area contributed by atoms with Crippen LogP contribution in [0.2, 0.25) is 0 Å². The minimum Gasteiger partial charge on any atom is -0.391 e. The third-order valence-corrected chi connectivity index (χ3v) is 1.57. The van der Waals surface area contributed by atoms with Crippen molar-refractivity contribution in [2.45, 2.75) is 18.6 Å². The second-order valence-electron chi connectivity index (χ2n) is 2.30. The molecule has 0 spiro atoms. The van der Waals surface area contributed by atoms with Crippen molar-refractivity contribution in [2.75, 3.05) is 13.2 Å². The van der Waals surface area contributed by atoms with Gasteiger partial charge in [-0.3, -0.25) is 4.99 Å². The van der Waals surface area contributed by atoms with E-state index < -0.39 is 0 Å². The third-order valence-electron chi connectivity index (χ3n) is 1.57. The Labute approximate surface area is 59.7 Å². The van der Waals surface area contributed by atoms with Crippen LogP contribution < -0.4 is 5.73 Å². The zero-order chi connectivity index (χ0) is 7.40. The highest BCUT2D eigenvalue weighted by molar-refractivity contribution is 5.51. The molecular weight excluding hydrogens is 132 g/mol. The summed E-state index contributed by atoms with van der Waals surface area (Å²) >= 11 is 0. The summed E-state index contributed by atoms with van der Waals surface area (Å²) in [6.45, 7) is 1.10. The molecule has 0 amide bonds. The molecule has 0 saturated carbocycles. The lowest BCUT2D eigenvalue weighted by atomic mass is 10.1. The second kappa shape index (κ2) is 3.53. The average molecular weight is 144 g/mol. The molecule has 0 unspecified atom stereocenters. The van der Waals surface area contributed by atoms with Crippen molar-refractivity contribution in [2.24, 2.45) is 10.7 Å². The van der Waals surface area contributed by atoms with E-state index in [4.69, 9.17) is 10.5 Å². The standard InChI is InChI=1S/C6H12N2O2/c7-4-8-5-3-10-2-1-6(5)9/h4-6,9H,1-3H2,(H2,7,8)/t5-,6-/m0/s1. The van der Waals surface area contributed by atoms with Gasteiger partial charge in [-0.25, -0.2) is 0 Å². The predicted molar refractivity (Wildman–Crippen MR) is 37.9 cm³/mol. The highest BCUT2D eigenvalue weighted by atomic mass is 16.5. The second-order valence-corrected chi connectivity index (χ2v) is 2.30. The normalized spacial score (nSPS) is 34.9. The number of hydrogen-bond donors (Lipinski definition) is 2. The van der Waals surface area contributed by atoms with Crippen molar-refractivity contribution in [1.82, 2.24) is 0 Å². The van der Waals surface area contributed by atoms with Crippen LogP contribution in [0.4, 0.5) is 0 Å².